The van der Waals surface area contributed by atoms with Gasteiger partial charge in [0.05, 0.1) is 12.0 Å². The maximum absolute atomic E-state index is 12.1. The number of anilines is 1. The molecule has 0 heterocycles. The van der Waals surface area contributed by atoms with Crippen LogP contribution in [0.1, 0.15) is 0 Å². The molecule has 0 aliphatic heterocycles. The van der Waals surface area contributed by atoms with Gasteiger partial charge in [0, 0.05) is 33.7 Å². The number of nitro groups is 1. The number of nitrogens with one attached hydrogen (secondary N) is 1. The summed E-state index contributed by atoms with van der Waals surface area (Å²) in [6.45, 7) is -0.119. The van der Waals surface area contributed by atoms with E-state index < -0.39 is 4.92 Å². The zero-order valence-corrected chi connectivity index (χ0v) is 16.3. The fourth-order valence-corrected chi connectivity index (χ4v) is 3.23. The van der Waals surface area contributed by atoms with E-state index in [1.807, 2.05) is 12.1 Å². The summed E-state index contributed by atoms with van der Waals surface area (Å²) in [7, 11) is 1.56. The van der Waals surface area contributed by atoms with Crippen LogP contribution in [-0.2, 0) is 4.79 Å². The largest absolute Gasteiger partial charge is 0.497 e. The van der Waals surface area contributed by atoms with Gasteiger partial charge in [0.2, 0.25) is 0 Å². The summed E-state index contributed by atoms with van der Waals surface area (Å²) in [5.74, 6) is 0.932. The van der Waals surface area contributed by atoms with Gasteiger partial charge < -0.3 is 14.8 Å². The van der Waals surface area contributed by atoms with Gasteiger partial charge in [-0.05, 0) is 48.5 Å². The van der Waals surface area contributed by atoms with Crippen LogP contribution >= 0.6 is 11.8 Å². The first-order valence-corrected chi connectivity index (χ1v) is 9.44. The third kappa shape index (κ3) is 5.98. The Bertz CT molecular complexity index is 991. The van der Waals surface area contributed by atoms with Crippen molar-refractivity contribution in [1.82, 2.24) is 0 Å². The molecule has 0 spiro atoms. The third-order valence-electron chi connectivity index (χ3n) is 3.83. The summed E-state index contributed by atoms with van der Waals surface area (Å²) in [5.41, 5.74) is 0.709. The van der Waals surface area contributed by atoms with E-state index in [9.17, 15) is 14.9 Å². The van der Waals surface area contributed by atoms with Gasteiger partial charge in [-0.3, -0.25) is 14.9 Å². The van der Waals surface area contributed by atoms with E-state index in [4.69, 9.17) is 9.47 Å². The van der Waals surface area contributed by atoms with Crippen LogP contribution in [0.5, 0.6) is 11.5 Å². The zero-order valence-electron chi connectivity index (χ0n) is 15.5. The molecule has 0 atom stereocenters. The Morgan fingerprint density at radius 2 is 1.62 bits per heavy atom. The second-order valence-corrected chi connectivity index (χ2v) is 7.04. The zero-order chi connectivity index (χ0) is 20.6. The van der Waals surface area contributed by atoms with Crippen LogP contribution in [-0.4, -0.2) is 24.5 Å². The molecular formula is C21H18N2O5S. The molecule has 0 bridgehead atoms. The molecule has 7 nitrogen and oxygen atoms in total. The first-order chi connectivity index (χ1) is 14.0. The summed E-state index contributed by atoms with van der Waals surface area (Å²) in [5, 5.41) is 13.5. The molecule has 0 saturated heterocycles. The number of hydrogen-bond acceptors (Lipinski definition) is 6. The predicted molar refractivity (Wildman–Crippen MR) is 111 cm³/mol. The van der Waals surface area contributed by atoms with Gasteiger partial charge in [-0.1, -0.05) is 17.8 Å². The van der Waals surface area contributed by atoms with E-state index >= 15 is 0 Å². The van der Waals surface area contributed by atoms with Crippen molar-refractivity contribution < 1.29 is 19.2 Å². The van der Waals surface area contributed by atoms with Crippen LogP contribution in [0, 0.1) is 10.1 Å². The Hall–Kier alpha value is -3.52. The molecule has 0 aliphatic carbocycles. The Morgan fingerprint density at radius 1 is 1.00 bits per heavy atom. The molecular weight excluding hydrogens is 392 g/mol. The van der Waals surface area contributed by atoms with E-state index in [2.05, 4.69) is 5.32 Å². The number of nitrogens with zero attached hydrogens (tertiary/aromatic N) is 1. The van der Waals surface area contributed by atoms with Gasteiger partial charge in [0.25, 0.3) is 11.6 Å². The standard InChI is InChI=1S/C21H18N2O5S/c1-27-17-3-2-4-18(13-17)28-14-21(24)22-15-5-9-19(10-6-15)29-20-11-7-16(8-12-20)23(25)26/h2-13H,14H2,1H3,(H,22,24). The fraction of sp³-hybridized carbons (Fsp3) is 0.0952. The van der Waals surface area contributed by atoms with Crippen LogP contribution in [0.15, 0.2) is 82.6 Å². The topological polar surface area (TPSA) is 90.7 Å². The second-order valence-electron chi connectivity index (χ2n) is 5.89. The molecule has 0 saturated carbocycles. The molecule has 0 fully saturated rings. The summed E-state index contributed by atoms with van der Waals surface area (Å²) >= 11 is 1.47. The van der Waals surface area contributed by atoms with Crippen molar-refractivity contribution >= 4 is 29.0 Å². The summed E-state index contributed by atoms with van der Waals surface area (Å²) in [4.78, 5) is 24.2. The Labute approximate surface area is 171 Å². The van der Waals surface area contributed by atoms with Gasteiger partial charge in [0.1, 0.15) is 11.5 Å². The van der Waals surface area contributed by atoms with Crippen molar-refractivity contribution in [2.24, 2.45) is 0 Å². The van der Waals surface area contributed by atoms with E-state index in [1.54, 1.807) is 55.6 Å². The van der Waals surface area contributed by atoms with Crippen LogP contribution in [0.4, 0.5) is 11.4 Å². The number of amides is 1. The first-order valence-electron chi connectivity index (χ1n) is 8.62. The highest BCUT2D eigenvalue weighted by molar-refractivity contribution is 7.99. The third-order valence-corrected chi connectivity index (χ3v) is 4.85. The highest BCUT2D eigenvalue weighted by atomic mass is 32.2. The van der Waals surface area contributed by atoms with Crippen molar-refractivity contribution in [2.45, 2.75) is 9.79 Å². The molecule has 0 radical (unpaired) electrons. The predicted octanol–water partition coefficient (Wildman–Crippen LogP) is 4.77. The molecule has 0 aliphatic rings. The molecule has 1 N–H and O–H groups in total. The summed E-state index contributed by atoms with van der Waals surface area (Å²) in [6.07, 6.45) is 0. The average Bonchev–Trinajstić information content (AvgIpc) is 2.74. The summed E-state index contributed by atoms with van der Waals surface area (Å²) < 4.78 is 10.6. The quantitative estimate of drug-likeness (QED) is 0.425. The van der Waals surface area contributed by atoms with Crippen LogP contribution < -0.4 is 14.8 Å². The van der Waals surface area contributed by atoms with Gasteiger partial charge in [0.15, 0.2) is 6.61 Å². The van der Waals surface area contributed by atoms with E-state index in [1.165, 1.54) is 23.9 Å². The lowest BCUT2D eigenvalue weighted by Gasteiger charge is -2.09. The minimum absolute atomic E-state index is 0.0589. The number of nitro benzene ring substituents is 1. The SMILES string of the molecule is COc1cccc(OCC(=O)Nc2ccc(Sc3ccc([N+](=O)[O-])cc3)cc2)c1. The monoisotopic (exact) mass is 410 g/mol. The lowest BCUT2D eigenvalue weighted by atomic mass is 10.3. The number of non-ortho nitro benzene ring substituents is 1. The minimum Gasteiger partial charge on any atom is -0.497 e. The Morgan fingerprint density at radius 3 is 2.24 bits per heavy atom. The van der Waals surface area contributed by atoms with Crippen molar-refractivity contribution in [3.63, 3.8) is 0 Å². The number of carbonyl (C=O) groups excluding carboxylic acids is 1. The lowest BCUT2D eigenvalue weighted by Crippen LogP contribution is -2.20. The molecule has 8 heteroatoms. The van der Waals surface area contributed by atoms with Crippen LogP contribution in [0.3, 0.4) is 0 Å². The van der Waals surface area contributed by atoms with Gasteiger partial charge in [-0.2, -0.15) is 0 Å². The molecule has 148 valence electrons. The van der Waals surface area contributed by atoms with E-state index in [0.717, 1.165) is 9.79 Å². The van der Waals surface area contributed by atoms with E-state index in [-0.39, 0.29) is 18.2 Å². The van der Waals surface area contributed by atoms with Gasteiger partial charge >= 0.3 is 0 Å². The molecule has 3 aromatic carbocycles. The molecule has 0 unspecified atom stereocenters. The molecule has 0 aromatic heterocycles. The number of carbonyl (C=O) groups is 1. The van der Waals surface area contributed by atoms with Crippen LogP contribution in [0.25, 0.3) is 0 Å². The second kappa shape index (κ2) is 9.61. The van der Waals surface area contributed by atoms with Crippen molar-refractivity contribution in [3.05, 3.63) is 82.9 Å². The average molecular weight is 410 g/mol. The van der Waals surface area contributed by atoms with Crippen molar-refractivity contribution in [2.75, 3.05) is 19.0 Å². The molecule has 1 amide bonds. The smallest absolute Gasteiger partial charge is 0.269 e. The molecule has 29 heavy (non-hydrogen) atoms. The number of benzene rings is 3. The normalized spacial score (nSPS) is 10.2. The summed E-state index contributed by atoms with van der Waals surface area (Å²) in [6, 6.07) is 20.7. The van der Waals surface area contributed by atoms with E-state index in [0.29, 0.717) is 17.2 Å². The van der Waals surface area contributed by atoms with Crippen molar-refractivity contribution in [3.8, 4) is 11.5 Å². The number of ether oxygens (including phenoxy) is 2. The first kappa shape index (κ1) is 20.2. The number of rotatable bonds is 8. The Balaban J connectivity index is 1.51. The highest BCUT2D eigenvalue weighted by Crippen LogP contribution is 2.29. The minimum atomic E-state index is -0.427. The van der Waals surface area contributed by atoms with Gasteiger partial charge in [-0.25, -0.2) is 0 Å². The number of hydrogen-bond donors (Lipinski definition) is 1. The maximum Gasteiger partial charge on any atom is 0.269 e. The van der Waals surface area contributed by atoms with Crippen LogP contribution in [0.2, 0.25) is 0 Å². The lowest BCUT2D eigenvalue weighted by molar-refractivity contribution is -0.384. The number of methoxy groups -OCH3 is 1. The highest BCUT2D eigenvalue weighted by Gasteiger charge is 2.07. The van der Waals surface area contributed by atoms with Gasteiger partial charge in [-0.15, -0.1) is 0 Å². The fourth-order valence-electron chi connectivity index (χ4n) is 2.42. The Kier molecular flexibility index (Phi) is 6.70. The molecule has 3 aromatic rings. The maximum atomic E-state index is 12.1. The van der Waals surface area contributed by atoms with Crippen molar-refractivity contribution in [1.29, 1.82) is 0 Å². The molecule has 3 rings (SSSR count).